The van der Waals surface area contributed by atoms with Crippen molar-refractivity contribution in [1.82, 2.24) is 19.7 Å². The van der Waals surface area contributed by atoms with Crippen molar-refractivity contribution in [3.63, 3.8) is 0 Å². The zero-order valence-corrected chi connectivity index (χ0v) is 20.0. The molecule has 0 aliphatic heterocycles. The lowest BCUT2D eigenvalue weighted by molar-refractivity contribution is 0.219. The zero-order chi connectivity index (χ0) is 22.9. The Morgan fingerprint density at radius 1 is 1.09 bits per heavy atom. The predicted molar refractivity (Wildman–Crippen MR) is 132 cm³/mol. The Labute approximate surface area is 196 Å². The quantitative estimate of drug-likeness (QED) is 0.522. The van der Waals surface area contributed by atoms with E-state index in [4.69, 9.17) is 0 Å². The van der Waals surface area contributed by atoms with Crippen LogP contribution in [-0.2, 0) is 16.4 Å². The van der Waals surface area contributed by atoms with E-state index in [1.807, 2.05) is 30.5 Å². The van der Waals surface area contributed by atoms with Crippen LogP contribution in [-0.4, -0.2) is 47.8 Å². The molecule has 8 heteroatoms. The molecule has 0 bridgehead atoms. The Bertz CT molecular complexity index is 1180. The van der Waals surface area contributed by atoms with Crippen LogP contribution in [0, 0.1) is 5.92 Å². The van der Waals surface area contributed by atoms with Crippen LogP contribution in [0.2, 0.25) is 0 Å². The standard InChI is InChI=1S/C25H33N5O2S/c1-30(24-22-12-15-26-23(22)27-18-28-24)21-10-8-20(9-11-21)17-33(31,32)29-25(13-5-14-25)16-19-6-3-2-4-7-19/h2-4,6-7,12,15,18,20-21,29H,5,8-11,13-14,16-17H2,1H3,(H,26,27,28)/t20-,21-. The van der Waals surface area contributed by atoms with Crippen LogP contribution in [0.5, 0.6) is 0 Å². The van der Waals surface area contributed by atoms with E-state index in [1.54, 1.807) is 6.33 Å². The van der Waals surface area contributed by atoms with E-state index in [0.29, 0.717) is 6.04 Å². The third-order valence-electron chi connectivity index (χ3n) is 7.55. The maximum absolute atomic E-state index is 13.1. The molecule has 3 aromatic rings. The van der Waals surface area contributed by atoms with Gasteiger partial charge in [-0.25, -0.2) is 23.1 Å². The van der Waals surface area contributed by atoms with Gasteiger partial charge >= 0.3 is 0 Å². The molecule has 7 nitrogen and oxygen atoms in total. The number of H-pyrrole nitrogens is 1. The molecule has 2 aromatic heterocycles. The first kappa shape index (κ1) is 22.3. The molecular formula is C25H33N5O2S. The van der Waals surface area contributed by atoms with Gasteiger partial charge in [0, 0.05) is 24.8 Å². The first-order valence-corrected chi connectivity index (χ1v) is 13.6. The van der Waals surface area contributed by atoms with Crippen LogP contribution < -0.4 is 9.62 Å². The molecule has 0 unspecified atom stereocenters. The fraction of sp³-hybridized carbons (Fsp3) is 0.520. The van der Waals surface area contributed by atoms with Gasteiger partial charge in [-0.15, -0.1) is 0 Å². The summed E-state index contributed by atoms with van der Waals surface area (Å²) >= 11 is 0. The van der Waals surface area contributed by atoms with E-state index in [0.717, 1.165) is 68.2 Å². The van der Waals surface area contributed by atoms with Gasteiger partial charge in [0.1, 0.15) is 17.8 Å². The number of benzene rings is 1. The minimum absolute atomic E-state index is 0.207. The number of anilines is 1. The summed E-state index contributed by atoms with van der Waals surface area (Å²) in [5.41, 5.74) is 1.75. The number of nitrogens with zero attached hydrogens (tertiary/aromatic N) is 3. The van der Waals surface area contributed by atoms with Crippen molar-refractivity contribution in [2.45, 2.75) is 62.9 Å². The lowest BCUT2D eigenvalue weighted by Crippen LogP contribution is -2.56. The summed E-state index contributed by atoms with van der Waals surface area (Å²) in [5, 5.41) is 1.03. The predicted octanol–water partition coefficient (Wildman–Crippen LogP) is 4.04. The van der Waals surface area contributed by atoms with Gasteiger partial charge in [-0.3, -0.25) is 0 Å². The molecule has 2 aliphatic rings. The number of hydrogen-bond donors (Lipinski definition) is 2. The molecule has 2 aliphatic carbocycles. The molecule has 0 atom stereocenters. The fourth-order valence-electron chi connectivity index (χ4n) is 5.60. The summed E-state index contributed by atoms with van der Waals surface area (Å²) in [4.78, 5) is 14.2. The smallest absolute Gasteiger partial charge is 0.212 e. The molecule has 0 amide bonds. The van der Waals surface area contributed by atoms with Crippen molar-refractivity contribution in [1.29, 1.82) is 0 Å². The summed E-state index contributed by atoms with van der Waals surface area (Å²) in [5.74, 6) is 1.38. The Kier molecular flexibility index (Phi) is 6.14. The van der Waals surface area contributed by atoms with E-state index in [9.17, 15) is 8.42 Å². The first-order valence-electron chi connectivity index (χ1n) is 12.0. The molecule has 0 saturated heterocycles. The topological polar surface area (TPSA) is 91.0 Å². The minimum Gasteiger partial charge on any atom is -0.356 e. The van der Waals surface area contributed by atoms with Crippen molar-refractivity contribution < 1.29 is 8.42 Å². The molecule has 0 spiro atoms. The maximum atomic E-state index is 13.1. The average molecular weight is 468 g/mol. The second kappa shape index (κ2) is 9.06. The van der Waals surface area contributed by atoms with Crippen LogP contribution in [0.3, 0.4) is 0 Å². The summed E-state index contributed by atoms with van der Waals surface area (Å²) in [7, 11) is -1.23. The summed E-state index contributed by atoms with van der Waals surface area (Å²) in [6.45, 7) is 0. The zero-order valence-electron chi connectivity index (χ0n) is 19.2. The van der Waals surface area contributed by atoms with Crippen molar-refractivity contribution in [2.24, 2.45) is 5.92 Å². The van der Waals surface area contributed by atoms with Crippen LogP contribution in [0.25, 0.3) is 11.0 Å². The van der Waals surface area contributed by atoms with Crippen molar-refractivity contribution in [3.8, 4) is 0 Å². The van der Waals surface area contributed by atoms with Crippen LogP contribution in [0.4, 0.5) is 5.82 Å². The fourth-order valence-corrected chi connectivity index (χ4v) is 7.57. The third kappa shape index (κ3) is 4.92. The number of sulfonamides is 1. The Hall–Kier alpha value is -2.45. The lowest BCUT2D eigenvalue weighted by Gasteiger charge is -2.43. The highest BCUT2D eigenvalue weighted by molar-refractivity contribution is 7.89. The minimum atomic E-state index is -3.32. The van der Waals surface area contributed by atoms with Gasteiger partial charge in [0.05, 0.1) is 11.1 Å². The maximum Gasteiger partial charge on any atom is 0.212 e. The molecule has 2 fully saturated rings. The molecule has 2 heterocycles. The second-order valence-corrected chi connectivity index (χ2v) is 11.7. The lowest BCUT2D eigenvalue weighted by atomic mass is 9.74. The SMILES string of the molecule is CN(c1ncnc2[nH]ccc12)[C@H]1CC[C@H](CS(=O)(=O)NC2(Cc3ccccc3)CCC2)CC1. The summed E-state index contributed by atoms with van der Waals surface area (Å²) in [6, 6.07) is 12.6. The number of hydrogen-bond acceptors (Lipinski definition) is 5. The van der Waals surface area contributed by atoms with Gasteiger partial charge in [0.25, 0.3) is 0 Å². The molecule has 2 N–H and O–H groups in total. The van der Waals surface area contributed by atoms with Gasteiger partial charge in [-0.1, -0.05) is 30.3 Å². The molecule has 1 aromatic carbocycles. The summed E-state index contributed by atoms with van der Waals surface area (Å²) in [6.07, 6.45) is 11.0. The highest BCUT2D eigenvalue weighted by Gasteiger charge is 2.41. The largest absolute Gasteiger partial charge is 0.356 e. The van der Waals surface area contributed by atoms with Crippen LogP contribution in [0.1, 0.15) is 50.5 Å². The van der Waals surface area contributed by atoms with Gasteiger partial charge in [-0.05, 0) is 68.9 Å². The van der Waals surface area contributed by atoms with Gasteiger partial charge < -0.3 is 9.88 Å². The summed E-state index contributed by atoms with van der Waals surface area (Å²) < 4.78 is 29.3. The highest BCUT2D eigenvalue weighted by atomic mass is 32.2. The third-order valence-corrected chi connectivity index (χ3v) is 9.21. The second-order valence-electron chi connectivity index (χ2n) is 9.90. The van der Waals surface area contributed by atoms with Crippen LogP contribution in [0.15, 0.2) is 48.9 Å². The van der Waals surface area contributed by atoms with Gasteiger partial charge in [-0.2, -0.15) is 0 Å². The average Bonchev–Trinajstić information content (AvgIpc) is 3.27. The monoisotopic (exact) mass is 467 g/mol. The number of rotatable bonds is 8. The Morgan fingerprint density at radius 3 is 2.55 bits per heavy atom. The van der Waals surface area contributed by atoms with Crippen molar-refractivity contribution >= 4 is 26.9 Å². The van der Waals surface area contributed by atoms with E-state index < -0.39 is 10.0 Å². The van der Waals surface area contributed by atoms with E-state index in [1.165, 1.54) is 5.56 Å². The molecule has 5 rings (SSSR count). The molecule has 33 heavy (non-hydrogen) atoms. The molecular weight excluding hydrogens is 434 g/mol. The Balaban J connectivity index is 1.18. The number of nitrogens with one attached hydrogen (secondary N) is 2. The molecule has 2 saturated carbocycles. The normalized spacial score (nSPS) is 22.7. The van der Waals surface area contributed by atoms with E-state index in [2.05, 4.69) is 43.8 Å². The highest BCUT2D eigenvalue weighted by Crippen LogP contribution is 2.37. The van der Waals surface area contributed by atoms with E-state index in [-0.39, 0.29) is 17.2 Å². The molecule has 0 radical (unpaired) electrons. The van der Waals surface area contributed by atoms with Crippen LogP contribution >= 0.6 is 0 Å². The number of fused-ring (bicyclic) bond motifs is 1. The van der Waals surface area contributed by atoms with E-state index >= 15 is 0 Å². The Morgan fingerprint density at radius 2 is 1.85 bits per heavy atom. The number of aromatic amines is 1. The van der Waals surface area contributed by atoms with Gasteiger partial charge in [0.2, 0.25) is 10.0 Å². The van der Waals surface area contributed by atoms with Crippen molar-refractivity contribution in [3.05, 3.63) is 54.5 Å². The first-order chi connectivity index (χ1) is 15.9. The number of aromatic nitrogens is 3. The van der Waals surface area contributed by atoms with Gasteiger partial charge in [0.15, 0.2) is 0 Å². The van der Waals surface area contributed by atoms with Crippen molar-refractivity contribution in [2.75, 3.05) is 17.7 Å². The molecule has 176 valence electrons.